The molecule has 7 nitrogen and oxygen atoms in total. The average molecular weight is 261 g/mol. The normalized spacial score (nSPS) is 10.2. The molecular weight excluding hydrogens is 250 g/mol. The number of carboxylic acids is 1. The molecular formula is C12H11N3O4. The number of amides is 1. The first-order valence-corrected chi connectivity index (χ1v) is 5.43. The smallest absolute Gasteiger partial charge is 0.337 e. The maximum absolute atomic E-state index is 11.1. The second-order valence-electron chi connectivity index (χ2n) is 3.87. The zero-order chi connectivity index (χ0) is 14.0. The molecule has 0 aliphatic rings. The maximum atomic E-state index is 11.1. The van der Waals surface area contributed by atoms with Gasteiger partial charge in [0.05, 0.1) is 11.3 Å². The van der Waals surface area contributed by atoms with Crippen LogP contribution in [0.3, 0.4) is 0 Å². The second kappa shape index (κ2) is 4.89. The zero-order valence-electron chi connectivity index (χ0n) is 10.3. The van der Waals surface area contributed by atoms with Gasteiger partial charge in [0.2, 0.25) is 17.7 Å². The van der Waals surface area contributed by atoms with E-state index >= 15 is 0 Å². The van der Waals surface area contributed by atoms with Crippen molar-refractivity contribution in [3.8, 4) is 11.5 Å². The van der Waals surface area contributed by atoms with Gasteiger partial charge in [-0.3, -0.25) is 4.79 Å². The van der Waals surface area contributed by atoms with Gasteiger partial charge in [-0.25, -0.2) is 4.79 Å². The van der Waals surface area contributed by atoms with Gasteiger partial charge in [-0.05, 0) is 18.2 Å². The topological polar surface area (TPSA) is 105 Å². The number of nitrogens with zero attached hydrogens (tertiary/aromatic N) is 2. The molecule has 1 amide bonds. The standard InChI is InChI=1S/C12H11N3O4/c1-6(16)13-10-5-8(3-4-9(10)12(17)18)11-15-14-7(2)19-11/h3-5H,1-2H3,(H,13,16)(H,17,18). The van der Waals surface area contributed by atoms with Gasteiger partial charge in [-0.15, -0.1) is 10.2 Å². The minimum absolute atomic E-state index is 0.00446. The number of benzene rings is 1. The van der Waals surface area contributed by atoms with E-state index in [-0.39, 0.29) is 23.0 Å². The molecule has 0 fully saturated rings. The molecule has 0 spiro atoms. The van der Waals surface area contributed by atoms with Gasteiger partial charge in [-0.2, -0.15) is 0 Å². The van der Waals surface area contributed by atoms with Crippen molar-refractivity contribution in [1.82, 2.24) is 10.2 Å². The van der Waals surface area contributed by atoms with Gasteiger partial charge in [-0.1, -0.05) is 0 Å². The number of hydrogen-bond acceptors (Lipinski definition) is 5. The van der Waals surface area contributed by atoms with E-state index in [1.165, 1.54) is 19.1 Å². The number of carbonyl (C=O) groups excluding carboxylic acids is 1. The minimum atomic E-state index is -1.13. The molecule has 2 N–H and O–H groups in total. The van der Waals surface area contributed by atoms with E-state index in [1.54, 1.807) is 13.0 Å². The van der Waals surface area contributed by atoms with Crippen LogP contribution in [-0.4, -0.2) is 27.2 Å². The van der Waals surface area contributed by atoms with Crippen molar-refractivity contribution in [2.45, 2.75) is 13.8 Å². The van der Waals surface area contributed by atoms with Crippen LogP contribution in [-0.2, 0) is 4.79 Å². The molecule has 0 saturated heterocycles. The summed E-state index contributed by atoms with van der Waals surface area (Å²) < 4.78 is 5.25. The summed E-state index contributed by atoms with van der Waals surface area (Å²) in [6.07, 6.45) is 0. The first-order chi connectivity index (χ1) is 8.97. The first-order valence-electron chi connectivity index (χ1n) is 5.43. The fourth-order valence-corrected chi connectivity index (χ4v) is 1.57. The van der Waals surface area contributed by atoms with Crippen molar-refractivity contribution < 1.29 is 19.1 Å². The van der Waals surface area contributed by atoms with Crippen molar-refractivity contribution in [3.05, 3.63) is 29.7 Å². The monoisotopic (exact) mass is 261 g/mol. The molecule has 7 heteroatoms. The van der Waals surface area contributed by atoms with Gasteiger partial charge in [0, 0.05) is 19.4 Å². The number of rotatable bonds is 3. The molecule has 1 aromatic heterocycles. The largest absolute Gasteiger partial charge is 0.478 e. The zero-order valence-corrected chi connectivity index (χ0v) is 10.3. The predicted octanol–water partition coefficient (Wildman–Crippen LogP) is 1.70. The quantitative estimate of drug-likeness (QED) is 0.871. The van der Waals surface area contributed by atoms with Crippen LogP contribution < -0.4 is 5.32 Å². The summed E-state index contributed by atoms with van der Waals surface area (Å²) in [7, 11) is 0. The van der Waals surface area contributed by atoms with E-state index in [4.69, 9.17) is 9.52 Å². The lowest BCUT2D eigenvalue weighted by atomic mass is 10.1. The number of aromatic nitrogens is 2. The summed E-state index contributed by atoms with van der Waals surface area (Å²) in [5.41, 5.74) is 0.720. The number of aryl methyl sites for hydroxylation is 1. The highest BCUT2D eigenvalue weighted by atomic mass is 16.4. The van der Waals surface area contributed by atoms with Gasteiger partial charge in [0.15, 0.2) is 0 Å². The van der Waals surface area contributed by atoms with Crippen LogP contribution in [0.2, 0.25) is 0 Å². The van der Waals surface area contributed by atoms with Gasteiger partial charge >= 0.3 is 5.97 Å². The second-order valence-corrected chi connectivity index (χ2v) is 3.87. The van der Waals surface area contributed by atoms with Crippen LogP contribution in [0.25, 0.3) is 11.5 Å². The Hall–Kier alpha value is -2.70. The third-order valence-electron chi connectivity index (χ3n) is 2.33. The third kappa shape index (κ3) is 2.76. The van der Waals surface area contributed by atoms with Crippen LogP contribution in [0, 0.1) is 6.92 Å². The lowest BCUT2D eigenvalue weighted by Gasteiger charge is -2.07. The fraction of sp³-hybridized carbons (Fsp3) is 0.167. The Morgan fingerprint density at radius 1 is 1.32 bits per heavy atom. The number of hydrogen-bond donors (Lipinski definition) is 2. The van der Waals surface area contributed by atoms with Crippen LogP contribution in [0.1, 0.15) is 23.2 Å². The maximum Gasteiger partial charge on any atom is 0.337 e. The first kappa shape index (κ1) is 12.7. The number of anilines is 1. The molecule has 98 valence electrons. The minimum Gasteiger partial charge on any atom is -0.478 e. The van der Waals surface area contributed by atoms with Crippen molar-refractivity contribution >= 4 is 17.6 Å². The lowest BCUT2D eigenvalue weighted by molar-refractivity contribution is -0.114. The molecule has 1 heterocycles. The molecule has 19 heavy (non-hydrogen) atoms. The van der Waals surface area contributed by atoms with Gasteiger partial charge in [0.25, 0.3) is 0 Å². The summed E-state index contributed by atoms with van der Waals surface area (Å²) in [5.74, 6) is -0.821. The SMILES string of the molecule is CC(=O)Nc1cc(-c2nnc(C)o2)ccc1C(=O)O. The Balaban J connectivity index is 2.48. The number of carboxylic acid groups (broad SMARTS) is 1. The Morgan fingerprint density at radius 3 is 2.58 bits per heavy atom. The van der Waals surface area contributed by atoms with Crippen LogP contribution in [0.5, 0.6) is 0 Å². The van der Waals surface area contributed by atoms with Crippen LogP contribution >= 0.6 is 0 Å². The molecule has 0 bridgehead atoms. The molecule has 2 aromatic rings. The van der Waals surface area contributed by atoms with Crippen LogP contribution in [0.15, 0.2) is 22.6 Å². The van der Waals surface area contributed by atoms with Crippen molar-refractivity contribution in [1.29, 1.82) is 0 Å². The lowest BCUT2D eigenvalue weighted by Crippen LogP contribution is -2.10. The Labute approximate surface area is 108 Å². The number of carbonyl (C=O) groups is 2. The Morgan fingerprint density at radius 2 is 2.05 bits per heavy atom. The van der Waals surface area contributed by atoms with E-state index in [0.717, 1.165) is 0 Å². The summed E-state index contributed by atoms with van der Waals surface area (Å²) in [6.45, 7) is 2.95. The summed E-state index contributed by atoms with van der Waals surface area (Å²) >= 11 is 0. The van der Waals surface area contributed by atoms with Crippen molar-refractivity contribution in [2.75, 3.05) is 5.32 Å². The van der Waals surface area contributed by atoms with Gasteiger partial charge in [0.1, 0.15) is 0 Å². The molecule has 0 radical (unpaired) electrons. The van der Waals surface area contributed by atoms with Gasteiger partial charge < -0.3 is 14.8 Å². The molecule has 0 aliphatic heterocycles. The van der Waals surface area contributed by atoms with E-state index in [2.05, 4.69) is 15.5 Å². The molecule has 0 unspecified atom stereocenters. The molecule has 1 aromatic carbocycles. The summed E-state index contributed by atoms with van der Waals surface area (Å²) in [5, 5.41) is 19.0. The van der Waals surface area contributed by atoms with Crippen molar-refractivity contribution in [2.24, 2.45) is 0 Å². The van der Waals surface area contributed by atoms with Crippen molar-refractivity contribution in [3.63, 3.8) is 0 Å². The molecule has 0 atom stereocenters. The Bertz CT molecular complexity index is 648. The third-order valence-corrected chi connectivity index (χ3v) is 2.33. The summed E-state index contributed by atoms with van der Waals surface area (Å²) in [6, 6.07) is 4.40. The highest BCUT2D eigenvalue weighted by Crippen LogP contribution is 2.25. The Kier molecular flexibility index (Phi) is 3.28. The molecule has 2 rings (SSSR count). The molecule has 0 aliphatic carbocycles. The molecule has 0 saturated carbocycles. The number of nitrogens with one attached hydrogen (secondary N) is 1. The highest BCUT2D eigenvalue weighted by Gasteiger charge is 2.14. The highest BCUT2D eigenvalue weighted by molar-refractivity contribution is 6.00. The van der Waals surface area contributed by atoms with E-state index in [0.29, 0.717) is 11.5 Å². The summed E-state index contributed by atoms with van der Waals surface area (Å²) in [4.78, 5) is 22.1. The predicted molar refractivity (Wildman–Crippen MR) is 65.7 cm³/mol. The number of aromatic carboxylic acids is 1. The van der Waals surface area contributed by atoms with Crippen LogP contribution in [0.4, 0.5) is 5.69 Å². The average Bonchev–Trinajstić information content (AvgIpc) is 2.74. The van der Waals surface area contributed by atoms with E-state index in [1.807, 2.05) is 0 Å². The fourth-order valence-electron chi connectivity index (χ4n) is 1.57. The van der Waals surface area contributed by atoms with E-state index in [9.17, 15) is 9.59 Å². The van der Waals surface area contributed by atoms with E-state index < -0.39 is 5.97 Å².